The molecule has 2 aromatic heterocycles. The smallest absolute Gasteiger partial charge is 0.260 e. The molecule has 2 heterocycles. The van der Waals surface area contributed by atoms with E-state index >= 15 is 0 Å². The zero-order valence-corrected chi connectivity index (χ0v) is 10.0. The maximum atomic E-state index is 12.0. The summed E-state index contributed by atoms with van der Waals surface area (Å²) in [6.07, 6.45) is 2.72. The van der Waals surface area contributed by atoms with Crippen LogP contribution in [0.3, 0.4) is 0 Å². The lowest BCUT2D eigenvalue weighted by Gasteiger charge is -2.08. The fraction of sp³-hybridized carbons (Fsp3) is 0.111. The summed E-state index contributed by atoms with van der Waals surface area (Å²) in [6.45, 7) is 0.0133. The Morgan fingerprint density at radius 1 is 1.39 bits per heavy atom. The van der Waals surface area contributed by atoms with E-state index < -0.39 is 10.0 Å². The maximum Gasteiger partial charge on any atom is 0.260 e. The first-order chi connectivity index (χ1) is 8.63. The molecule has 9 heteroatoms. The molecule has 0 unspecified atom stereocenters. The number of aromatic nitrogens is 2. The Morgan fingerprint density at radius 3 is 2.89 bits per heavy atom. The van der Waals surface area contributed by atoms with Crippen molar-refractivity contribution in [1.29, 1.82) is 0 Å². The highest BCUT2D eigenvalue weighted by Crippen LogP contribution is 2.16. The van der Waals surface area contributed by atoms with Crippen LogP contribution in [0.25, 0.3) is 0 Å². The molecule has 0 amide bonds. The molecule has 0 aliphatic carbocycles. The van der Waals surface area contributed by atoms with Crippen LogP contribution in [0.4, 0.5) is 5.69 Å². The van der Waals surface area contributed by atoms with Crippen LogP contribution < -0.4 is 16.0 Å². The average molecular weight is 269 g/mol. The Hall–Kier alpha value is -1.97. The number of hydrogen-bond donors (Lipinski definition) is 3. The lowest BCUT2D eigenvalue weighted by atomic mass is 10.4. The van der Waals surface area contributed by atoms with Gasteiger partial charge in [-0.25, -0.2) is 18.1 Å². The topological polar surface area (TPSA) is 123 Å². The van der Waals surface area contributed by atoms with E-state index in [1.165, 1.54) is 18.5 Å². The number of nitrogens with one attached hydrogen (secondary N) is 2. The third kappa shape index (κ3) is 2.64. The van der Waals surface area contributed by atoms with Crippen molar-refractivity contribution < 1.29 is 12.9 Å². The quantitative estimate of drug-likeness (QED) is 0.508. The second-order valence-electron chi connectivity index (χ2n) is 3.32. The van der Waals surface area contributed by atoms with E-state index in [9.17, 15) is 8.42 Å². The predicted octanol–water partition coefficient (Wildman–Crippen LogP) is -0.166. The number of hydrogen-bond acceptors (Lipinski definition) is 7. The van der Waals surface area contributed by atoms with Crippen molar-refractivity contribution in [2.75, 3.05) is 5.43 Å². The highest BCUT2D eigenvalue weighted by Gasteiger charge is 2.19. The summed E-state index contributed by atoms with van der Waals surface area (Å²) in [6, 6.07) is 4.65. The fourth-order valence-corrected chi connectivity index (χ4v) is 2.37. The predicted molar refractivity (Wildman–Crippen MR) is 62.6 cm³/mol. The van der Waals surface area contributed by atoms with Crippen LogP contribution >= 0.6 is 0 Å². The fourth-order valence-electron chi connectivity index (χ4n) is 1.28. The van der Waals surface area contributed by atoms with E-state index in [0.717, 1.165) is 0 Å². The molecule has 0 aromatic carbocycles. The Balaban J connectivity index is 2.20. The summed E-state index contributed by atoms with van der Waals surface area (Å²) < 4.78 is 30.9. The summed E-state index contributed by atoms with van der Waals surface area (Å²) >= 11 is 0. The summed E-state index contributed by atoms with van der Waals surface area (Å²) in [5.74, 6) is 5.23. The van der Waals surface area contributed by atoms with E-state index in [-0.39, 0.29) is 17.3 Å². The van der Waals surface area contributed by atoms with Gasteiger partial charge in [0.15, 0.2) is 5.03 Å². The molecule has 0 atom stereocenters. The van der Waals surface area contributed by atoms with Crippen molar-refractivity contribution in [3.8, 4) is 0 Å². The Kier molecular flexibility index (Phi) is 3.55. The number of anilines is 1. The van der Waals surface area contributed by atoms with Crippen molar-refractivity contribution in [3.05, 3.63) is 36.4 Å². The van der Waals surface area contributed by atoms with Gasteiger partial charge in [0.1, 0.15) is 6.26 Å². The van der Waals surface area contributed by atoms with Crippen LogP contribution in [0, 0.1) is 0 Å². The summed E-state index contributed by atoms with van der Waals surface area (Å²) in [7, 11) is -3.76. The summed E-state index contributed by atoms with van der Waals surface area (Å²) in [5.41, 5.74) is 2.96. The number of rotatable bonds is 5. The van der Waals surface area contributed by atoms with E-state index in [0.29, 0.717) is 5.69 Å². The summed E-state index contributed by atoms with van der Waals surface area (Å²) in [4.78, 5) is 3.78. The van der Waals surface area contributed by atoms with Gasteiger partial charge in [0.2, 0.25) is 0 Å². The van der Waals surface area contributed by atoms with Gasteiger partial charge in [-0.05, 0) is 12.1 Å². The van der Waals surface area contributed by atoms with Crippen molar-refractivity contribution in [2.24, 2.45) is 5.84 Å². The van der Waals surface area contributed by atoms with E-state index in [2.05, 4.69) is 24.8 Å². The average Bonchev–Trinajstić information content (AvgIpc) is 2.89. The highest BCUT2D eigenvalue weighted by molar-refractivity contribution is 7.89. The molecular weight excluding hydrogens is 258 g/mol. The molecule has 0 bridgehead atoms. The van der Waals surface area contributed by atoms with E-state index in [1.54, 1.807) is 12.1 Å². The first kappa shape index (κ1) is 12.5. The Morgan fingerprint density at radius 2 is 2.22 bits per heavy atom. The van der Waals surface area contributed by atoms with Crippen LogP contribution in [-0.4, -0.2) is 18.6 Å². The van der Waals surface area contributed by atoms with Crippen LogP contribution in [-0.2, 0) is 16.6 Å². The van der Waals surface area contributed by atoms with Crippen molar-refractivity contribution in [3.63, 3.8) is 0 Å². The van der Waals surface area contributed by atoms with Crippen LogP contribution in [0.2, 0.25) is 0 Å². The number of pyridine rings is 1. The molecule has 0 saturated heterocycles. The van der Waals surface area contributed by atoms with Crippen LogP contribution in [0.1, 0.15) is 5.69 Å². The molecule has 18 heavy (non-hydrogen) atoms. The number of nitrogens with zero attached hydrogens (tertiary/aromatic N) is 2. The number of hydrazine groups is 1. The molecule has 2 aromatic rings. The number of nitrogen functional groups attached to an aromatic ring is 1. The van der Waals surface area contributed by atoms with Gasteiger partial charge in [0.25, 0.3) is 10.0 Å². The lowest BCUT2D eigenvalue weighted by molar-refractivity contribution is 0.411. The van der Waals surface area contributed by atoms with E-state index in [4.69, 9.17) is 5.84 Å². The largest absolute Gasteiger partial charge is 0.364 e. The third-order valence-electron chi connectivity index (χ3n) is 2.12. The third-order valence-corrected chi connectivity index (χ3v) is 3.47. The van der Waals surface area contributed by atoms with Gasteiger partial charge < -0.3 is 9.95 Å². The summed E-state index contributed by atoms with van der Waals surface area (Å²) in [5, 5.41) is 3.42. The van der Waals surface area contributed by atoms with Crippen molar-refractivity contribution >= 4 is 15.7 Å². The molecular formula is C9H11N5O3S. The molecule has 0 aliphatic heterocycles. The minimum atomic E-state index is -3.76. The van der Waals surface area contributed by atoms with E-state index in [1.807, 2.05) is 0 Å². The van der Waals surface area contributed by atoms with Crippen LogP contribution in [0.15, 0.2) is 40.2 Å². The first-order valence-electron chi connectivity index (χ1n) is 4.94. The second-order valence-corrected chi connectivity index (χ2v) is 5.00. The molecule has 8 nitrogen and oxygen atoms in total. The maximum absolute atomic E-state index is 12.0. The van der Waals surface area contributed by atoms with Gasteiger partial charge in [-0.2, -0.15) is 0 Å². The molecule has 0 radical (unpaired) electrons. The van der Waals surface area contributed by atoms with Crippen molar-refractivity contribution in [1.82, 2.24) is 14.9 Å². The van der Waals surface area contributed by atoms with Gasteiger partial charge in [0.05, 0.1) is 17.9 Å². The Labute approximate surface area is 103 Å². The minimum Gasteiger partial charge on any atom is -0.364 e. The zero-order valence-electron chi connectivity index (χ0n) is 9.20. The zero-order chi connectivity index (χ0) is 13.0. The molecule has 0 saturated carbocycles. The molecule has 0 fully saturated rings. The van der Waals surface area contributed by atoms with Crippen molar-refractivity contribution in [2.45, 2.75) is 11.6 Å². The lowest BCUT2D eigenvalue weighted by Crippen LogP contribution is -2.26. The van der Waals surface area contributed by atoms with Gasteiger partial charge in [0, 0.05) is 12.3 Å². The molecule has 4 N–H and O–H groups in total. The monoisotopic (exact) mass is 269 g/mol. The van der Waals surface area contributed by atoms with Gasteiger partial charge in [-0.15, -0.1) is 0 Å². The SMILES string of the molecule is NNc1cccnc1S(=O)(=O)NCc1ccon1. The molecule has 96 valence electrons. The molecule has 2 rings (SSSR count). The highest BCUT2D eigenvalue weighted by atomic mass is 32.2. The second kappa shape index (κ2) is 5.12. The molecule has 0 aliphatic rings. The minimum absolute atomic E-state index is 0.0133. The van der Waals surface area contributed by atoms with Gasteiger partial charge in [-0.1, -0.05) is 5.16 Å². The van der Waals surface area contributed by atoms with Gasteiger partial charge >= 0.3 is 0 Å². The normalized spacial score (nSPS) is 11.4. The van der Waals surface area contributed by atoms with Gasteiger partial charge in [-0.3, -0.25) is 5.84 Å². The standard InChI is InChI=1S/C9H11N5O3S/c10-13-8-2-1-4-11-9(8)18(15,16)12-6-7-3-5-17-14-7/h1-5,12-13H,6,10H2. The number of sulfonamides is 1. The Bertz CT molecular complexity index is 611. The van der Waals surface area contributed by atoms with Crippen LogP contribution in [0.5, 0.6) is 0 Å². The number of nitrogens with two attached hydrogens (primary N) is 1. The first-order valence-corrected chi connectivity index (χ1v) is 6.42. The molecule has 0 spiro atoms.